The van der Waals surface area contributed by atoms with Gasteiger partial charge < -0.3 is 10.4 Å². The van der Waals surface area contributed by atoms with Gasteiger partial charge in [0.15, 0.2) is 0 Å². The van der Waals surface area contributed by atoms with Crippen molar-refractivity contribution in [1.82, 2.24) is 4.90 Å². The number of likely N-dealkylation sites (N-methyl/N-ethyl adjacent to an activating group) is 1. The Kier molecular flexibility index (Phi) is 5.88. The van der Waals surface area contributed by atoms with Crippen molar-refractivity contribution in [3.8, 4) is 0 Å². The van der Waals surface area contributed by atoms with E-state index in [0.29, 0.717) is 22.3 Å². The first-order chi connectivity index (χ1) is 8.45. The third-order valence-corrected chi connectivity index (χ3v) is 3.24. The number of halogens is 2. The summed E-state index contributed by atoms with van der Waals surface area (Å²) in [6.45, 7) is 2.19. The molecule has 0 aliphatic carbocycles. The van der Waals surface area contributed by atoms with E-state index in [1.54, 1.807) is 37.1 Å². The van der Waals surface area contributed by atoms with Crippen LogP contribution in [0.2, 0.25) is 10.0 Å². The zero-order valence-electron chi connectivity index (χ0n) is 10.3. The first kappa shape index (κ1) is 15.2. The van der Waals surface area contributed by atoms with Crippen LogP contribution >= 0.6 is 23.2 Å². The molecule has 6 heteroatoms. The van der Waals surface area contributed by atoms with Gasteiger partial charge in [0.05, 0.1) is 23.4 Å². The van der Waals surface area contributed by atoms with Crippen molar-refractivity contribution in [2.75, 3.05) is 25.5 Å². The van der Waals surface area contributed by atoms with E-state index in [-0.39, 0.29) is 18.6 Å². The van der Waals surface area contributed by atoms with Crippen molar-refractivity contribution in [2.24, 2.45) is 0 Å². The number of nitrogens with one attached hydrogen (secondary N) is 1. The highest BCUT2D eigenvalue weighted by molar-refractivity contribution is 6.35. The normalized spacial score (nSPS) is 12.6. The average Bonchev–Trinajstić information content (AvgIpc) is 2.33. The van der Waals surface area contributed by atoms with Crippen LogP contribution in [-0.2, 0) is 4.79 Å². The largest absolute Gasteiger partial charge is 0.395 e. The number of carbonyl (C=O) groups is 1. The van der Waals surface area contributed by atoms with Crippen LogP contribution in [0.3, 0.4) is 0 Å². The SMILES string of the molecule is CC(C(=O)Nc1cc(Cl)ccc1Cl)N(C)CCO. The Hall–Kier alpha value is -0.810. The maximum atomic E-state index is 12.0. The van der Waals surface area contributed by atoms with E-state index in [1.807, 2.05) is 0 Å². The zero-order valence-corrected chi connectivity index (χ0v) is 11.8. The first-order valence-electron chi connectivity index (χ1n) is 5.52. The second-order valence-electron chi connectivity index (χ2n) is 3.99. The van der Waals surface area contributed by atoms with E-state index in [0.717, 1.165) is 0 Å². The fourth-order valence-electron chi connectivity index (χ4n) is 1.38. The molecule has 1 aromatic rings. The van der Waals surface area contributed by atoms with Crippen LogP contribution in [0.5, 0.6) is 0 Å². The molecule has 2 N–H and O–H groups in total. The smallest absolute Gasteiger partial charge is 0.241 e. The number of nitrogens with zero attached hydrogens (tertiary/aromatic N) is 1. The van der Waals surface area contributed by atoms with Gasteiger partial charge in [0.25, 0.3) is 0 Å². The molecule has 0 aliphatic rings. The molecule has 0 spiro atoms. The van der Waals surface area contributed by atoms with E-state index in [2.05, 4.69) is 5.32 Å². The highest BCUT2D eigenvalue weighted by Crippen LogP contribution is 2.25. The van der Waals surface area contributed by atoms with Crippen LogP contribution in [-0.4, -0.2) is 42.2 Å². The number of rotatable bonds is 5. The lowest BCUT2D eigenvalue weighted by Gasteiger charge is -2.23. The minimum Gasteiger partial charge on any atom is -0.395 e. The van der Waals surface area contributed by atoms with Gasteiger partial charge in [0.2, 0.25) is 5.91 Å². The molecule has 1 aromatic carbocycles. The lowest BCUT2D eigenvalue weighted by Crippen LogP contribution is -2.40. The van der Waals surface area contributed by atoms with Gasteiger partial charge in [-0.1, -0.05) is 23.2 Å². The van der Waals surface area contributed by atoms with Gasteiger partial charge in [-0.3, -0.25) is 9.69 Å². The van der Waals surface area contributed by atoms with Crippen molar-refractivity contribution in [3.05, 3.63) is 28.2 Å². The zero-order chi connectivity index (χ0) is 13.7. The standard InChI is InChI=1S/C12H16Cl2N2O2/c1-8(16(2)5-6-17)12(18)15-11-7-9(13)3-4-10(11)14/h3-4,7-8,17H,5-6H2,1-2H3,(H,15,18). The maximum absolute atomic E-state index is 12.0. The predicted octanol–water partition coefficient (Wildman–Crippen LogP) is 2.24. The summed E-state index contributed by atoms with van der Waals surface area (Å²) in [6.07, 6.45) is 0. The molecule has 1 atom stereocenters. The number of amides is 1. The van der Waals surface area contributed by atoms with Crippen molar-refractivity contribution in [1.29, 1.82) is 0 Å². The van der Waals surface area contributed by atoms with Gasteiger partial charge in [-0.05, 0) is 32.2 Å². The quantitative estimate of drug-likeness (QED) is 0.875. The third kappa shape index (κ3) is 4.14. The number of anilines is 1. The van der Waals surface area contributed by atoms with E-state index >= 15 is 0 Å². The third-order valence-electron chi connectivity index (χ3n) is 2.68. The number of aliphatic hydroxyl groups is 1. The van der Waals surface area contributed by atoms with Crippen molar-refractivity contribution in [2.45, 2.75) is 13.0 Å². The summed E-state index contributed by atoms with van der Waals surface area (Å²) < 4.78 is 0. The summed E-state index contributed by atoms with van der Waals surface area (Å²) in [5.74, 6) is -0.199. The van der Waals surface area contributed by atoms with Crippen LogP contribution in [0.4, 0.5) is 5.69 Å². The van der Waals surface area contributed by atoms with Crippen LogP contribution in [0.1, 0.15) is 6.92 Å². The molecule has 4 nitrogen and oxygen atoms in total. The van der Waals surface area contributed by atoms with Crippen LogP contribution in [0.15, 0.2) is 18.2 Å². The Morgan fingerprint density at radius 3 is 2.78 bits per heavy atom. The summed E-state index contributed by atoms with van der Waals surface area (Å²) in [7, 11) is 1.76. The molecule has 0 aliphatic heterocycles. The second kappa shape index (κ2) is 6.95. The Morgan fingerprint density at radius 2 is 2.17 bits per heavy atom. The molecule has 18 heavy (non-hydrogen) atoms. The molecule has 1 unspecified atom stereocenters. The van der Waals surface area contributed by atoms with E-state index < -0.39 is 0 Å². The summed E-state index contributed by atoms with van der Waals surface area (Å²) in [5, 5.41) is 12.5. The highest BCUT2D eigenvalue weighted by atomic mass is 35.5. The number of benzene rings is 1. The van der Waals surface area contributed by atoms with Crippen LogP contribution in [0, 0.1) is 0 Å². The van der Waals surface area contributed by atoms with Crippen molar-refractivity contribution in [3.63, 3.8) is 0 Å². The van der Waals surface area contributed by atoms with Gasteiger partial charge >= 0.3 is 0 Å². The molecular weight excluding hydrogens is 275 g/mol. The van der Waals surface area contributed by atoms with Crippen molar-refractivity contribution < 1.29 is 9.90 Å². The number of hydrogen-bond donors (Lipinski definition) is 2. The minimum absolute atomic E-state index is 0.00599. The molecule has 0 saturated heterocycles. The fourth-order valence-corrected chi connectivity index (χ4v) is 1.72. The Balaban J connectivity index is 2.72. The molecule has 1 amide bonds. The van der Waals surface area contributed by atoms with E-state index in [9.17, 15) is 4.79 Å². The van der Waals surface area contributed by atoms with Crippen LogP contribution < -0.4 is 5.32 Å². The van der Waals surface area contributed by atoms with Gasteiger partial charge in [0, 0.05) is 11.6 Å². The number of carbonyl (C=O) groups excluding carboxylic acids is 1. The molecular formula is C12H16Cl2N2O2. The minimum atomic E-state index is -0.368. The van der Waals surface area contributed by atoms with Gasteiger partial charge in [-0.15, -0.1) is 0 Å². The topological polar surface area (TPSA) is 52.6 Å². The summed E-state index contributed by atoms with van der Waals surface area (Å²) in [4.78, 5) is 13.7. The monoisotopic (exact) mass is 290 g/mol. The molecule has 0 heterocycles. The van der Waals surface area contributed by atoms with Gasteiger partial charge in [-0.2, -0.15) is 0 Å². The second-order valence-corrected chi connectivity index (χ2v) is 4.84. The summed E-state index contributed by atoms with van der Waals surface area (Å²) in [5.41, 5.74) is 0.485. The summed E-state index contributed by atoms with van der Waals surface area (Å²) >= 11 is 11.8. The molecule has 0 bridgehead atoms. The molecule has 100 valence electrons. The first-order valence-corrected chi connectivity index (χ1v) is 6.28. The lowest BCUT2D eigenvalue weighted by atomic mass is 10.2. The average molecular weight is 291 g/mol. The van der Waals surface area contributed by atoms with Gasteiger partial charge in [0.1, 0.15) is 0 Å². The molecule has 0 aromatic heterocycles. The molecule has 0 saturated carbocycles. The molecule has 1 rings (SSSR count). The predicted molar refractivity (Wildman–Crippen MR) is 74.3 cm³/mol. The fraction of sp³-hybridized carbons (Fsp3) is 0.417. The number of hydrogen-bond acceptors (Lipinski definition) is 3. The number of aliphatic hydroxyl groups excluding tert-OH is 1. The molecule has 0 radical (unpaired) electrons. The van der Waals surface area contributed by atoms with Gasteiger partial charge in [-0.25, -0.2) is 0 Å². The Morgan fingerprint density at radius 1 is 1.50 bits per heavy atom. The summed E-state index contributed by atoms with van der Waals surface area (Å²) in [6, 6.07) is 4.51. The highest BCUT2D eigenvalue weighted by Gasteiger charge is 2.18. The van der Waals surface area contributed by atoms with E-state index in [4.69, 9.17) is 28.3 Å². The van der Waals surface area contributed by atoms with E-state index in [1.165, 1.54) is 0 Å². The maximum Gasteiger partial charge on any atom is 0.241 e. The Bertz CT molecular complexity index is 427. The lowest BCUT2D eigenvalue weighted by molar-refractivity contribution is -0.120. The van der Waals surface area contributed by atoms with Crippen LogP contribution in [0.25, 0.3) is 0 Å². The Labute approximate surface area is 116 Å². The molecule has 0 fully saturated rings. The van der Waals surface area contributed by atoms with Crippen molar-refractivity contribution >= 4 is 34.8 Å².